The molecule has 25 heavy (non-hydrogen) atoms. The molecule has 0 unspecified atom stereocenters. The third-order valence-corrected chi connectivity index (χ3v) is 5.99. The average molecular weight is 380 g/mol. The van der Waals surface area contributed by atoms with Crippen molar-refractivity contribution in [3.63, 3.8) is 0 Å². The first kappa shape index (κ1) is 17.9. The van der Waals surface area contributed by atoms with Crippen molar-refractivity contribution in [1.82, 2.24) is 14.8 Å². The lowest BCUT2D eigenvalue weighted by Gasteiger charge is -2.24. The highest BCUT2D eigenvalue weighted by Crippen LogP contribution is 2.34. The molecule has 0 radical (unpaired) electrons. The molecule has 0 amide bonds. The van der Waals surface area contributed by atoms with E-state index in [0.29, 0.717) is 17.3 Å². The number of carboxylic acids is 1. The zero-order valence-electron chi connectivity index (χ0n) is 14.4. The summed E-state index contributed by atoms with van der Waals surface area (Å²) >= 11 is 1.44. The van der Waals surface area contributed by atoms with Crippen LogP contribution in [0.3, 0.4) is 0 Å². The van der Waals surface area contributed by atoms with Gasteiger partial charge in [-0.15, -0.1) is 11.3 Å². The number of benzene rings is 1. The van der Waals surface area contributed by atoms with E-state index in [2.05, 4.69) is 28.8 Å². The molecule has 0 aliphatic rings. The molecule has 0 saturated carbocycles. The van der Waals surface area contributed by atoms with Gasteiger partial charge in [-0.05, 0) is 30.9 Å². The van der Waals surface area contributed by atoms with Crippen LogP contribution in [0.15, 0.2) is 30.5 Å². The lowest BCUT2D eigenvalue weighted by Crippen LogP contribution is -2.10. The van der Waals surface area contributed by atoms with E-state index in [1.165, 1.54) is 22.2 Å². The highest BCUT2D eigenvalue weighted by Gasteiger charge is 2.20. The minimum Gasteiger partial charge on any atom is -0.478 e. The third-order valence-electron chi connectivity index (χ3n) is 3.55. The number of para-hydroxylation sites is 1. The van der Waals surface area contributed by atoms with E-state index in [1.807, 2.05) is 24.3 Å². The summed E-state index contributed by atoms with van der Waals surface area (Å²) in [6.45, 7) is 0.873. The molecule has 0 aliphatic heterocycles. The van der Waals surface area contributed by atoms with Gasteiger partial charge in [0.25, 0.3) is 0 Å². The van der Waals surface area contributed by atoms with E-state index in [1.54, 1.807) is 0 Å². The summed E-state index contributed by atoms with van der Waals surface area (Å²) < 4.78 is 8.19. The second-order valence-corrected chi connectivity index (χ2v) is 12.2. The van der Waals surface area contributed by atoms with E-state index >= 15 is 0 Å². The summed E-state index contributed by atoms with van der Waals surface area (Å²) in [5.41, 5.74) is 1.38. The van der Waals surface area contributed by atoms with Crippen LogP contribution in [0, 0.1) is 0 Å². The first-order chi connectivity index (χ1) is 11.8. The van der Waals surface area contributed by atoms with Gasteiger partial charge >= 0.3 is 5.97 Å². The van der Waals surface area contributed by atoms with Crippen LogP contribution < -0.4 is 0 Å². The topological polar surface area (TPSA) is 77.2 Å². The number of ether oxygens (including phenoxy) is 1. The van der Waals surface area contributed by atoms with Gasteiger partial charge in [0, 0.05) is 11.9 Å². The van der Waals surface area contributed by atoms with Crippen molar-refractivity contribution in [3.05, 3.63) is 36.0 Å². The fourth-order valence-electron chi connectivity index (χ4n) is 2.24. The summed E-state index contributed by atoms with van der Waals surface area (Å²) in [5, 5.41) is 14.5. The van der Waals surface area contributed by atoms with Crippen molar-refractivity contribution in [3.8, 4) is 10.7 Å². The lowest BCUT2D eigenvalue weighted by molar-refractivity contribution is 0.0694. The Labute approximate surface area is 151 Å². The van der Waals surface area contributed by atoms with Gasteiger partial charge < -0.3 is 9.84 Å². The number of rotatable bonds is 7. The maximum absolute atomic E-state index is 11.6. The van der Waals surface area contributed by atoms with Crippen LogP contribution in [0.1, 0.15) is 10.4 Å². The summed E-state index contributed by atoms with van der Waals surface area (Å²) in [7, 11) is -0.610. The highest BCUT2D eigenvalue weighted by molar-refractivity contribution is 8.32. The quantitative estimate of drug-likeness (QED) is 0.636. The van der Waals surface area contributed by atoms with Crippen molar-refractivity contribution in [2.24, 2.45) is 0 Å². The molecule has 1 N–H and O–H groups in total. The van der Waals surface area contributed by atoms with E-state index in [4.69, 9.17) is 4.74 Å². The molecule has 1 aromatic carbocycles. The zero-order valence-corrected chi connectivity index (χ0v) is 16.1. The largest absolute Gasteiger partial charge is 0.478 e. The van der Waals surface area contributed by atoms with Gasteiger partial charge in [0.05, 0.1) is 16.8 Å². The lowest BCUT2D eigenvalue weighted by atomic mass is 10.2. The van der Waals surface area contributed by atoms with Gasteiger partial charge in [-0.25, -0.2) is 24.5 Å². The van der Waals surface area contributed by atoms with Crippen LogP contribution in [-0.4, -0.2) is 57.0 Å². The van der Waals surface area contributed by atoms with Gasteiger partial charge in [0.2, 0.25) is 0 Å². The second kappa shape index (κ2) is 7.15. The fourth-order valence-corrected chi connectivity index (χ4v) is 3.82. The zero-order chi connectivity index (χ0) is 18.0. The molecule has 2 aromatic heterocycles. The average Bonchev–Trinajstić information content (AvgIpc) is 3.14. The standard InChI is InChI=1S/C17H21N3O3S2/c1-25(2,3)9-8-23-11-20-10-12(17(21)22)15(19-20)16-18-13-6-4-5-7-14(13)24-16/h4-7,10H,8-9,11H2,1-3H3,(H,21,22). The number of hydrogen-bond acceptors (Lipinski definition) is 5. The molecule has 0 spiro atoms. The molecule has 6 nitrogen and oxygen atoms in total. The van der Waals surface area contributed by atoms with Gasteiger partial charge in [-0.2, -0.15) is 5.10 Å². The molecule has 3 rings (SSSR count). The number of carbonyl (C=O) groups is 1. The Morgan fingerprint density at radius 2 is 2.08 bits per heavy atom. The number of carboxylic acid groups (broad SMARTS) is 1. The molecular formula is C17H21N3O3S2. The number of aromatic nitrogens is 3. The number of thiazole rings is 1. The Bertz CT molecular complexity index is 863. The number of aromatic carboxylic acids is 1. The predicted octanol–water partition coefficient (Wildman–Crippen LogP) is 3.53. The van der Waals surface area contributed by atoms with Gasteiger partial charge in [0.15, 0.2) is 0 Å². The van der Waals surface area contributed by atoms with E-state index in [0.717, 1.165) is 16.0 Å². The van der Waals surface area contributed by atoms with Gasteiger partial charge in [0.1, 0.15) is 23.0 Å². The number of fused-ring (bicyclic) bond motifs is 1. The van der Waals surface area contributed by atoms with Crippen molar-refractivity contribution in [2.45, 2.75) is 6.73 Å². The SMILES string of the molecule is CS(C)(C)CCOCn1cc(C(=O)O)c(-c2nc3ccccc3s2)n1. The van der Waals surface area contributed by atoms with Crippen LogP contribution in [0.5, 0.6) is 0 Å². The smallest absolute Gasteiger partial charge is 0.339 e. The highest BCUT2D eigenvalue weighted by atomic mass is 32.3. The molecule has 0 saturated heterocycles. The Kier molecular flexibility index (Phi) is 5.12. The fraction of sp³-hybridized carbons (Fsp3) is 0.353. The summed E-state index contributed by atoms with van der Waals surface area (Å²) in [6, 6.07) is 7.72. The van der Waals surface area contributed by atoms with Crippen molar-refractivity contribution in [2.75, 3.05) is 31.1 Å². The molecule has 134 valence electrons. The third kappa shape index (κ3) is 4.39. The van der Waals surface area contributed by atoms with E-state index < -0.39 is 16.0 Å². The Balaban J connectivity index is 1.81. The maximum Gasteiger partial charge on any atom is 0.339 e. The van der Waals surface area contributed by atoms with E-state index in [9.17, 15) is 9.90 Å². The number of nitrogens with zero attached hydrogens (tertiary/aromatic N) is 3. The van der Waals surface area contributed by atoms with Crippen LogP contribution in [0.4, 0.5) is 0 Å². The first-order valence-corrected chi connectivity index (χ1v) is 11.6. The maximum atomic E-state index is 11.6. The molecule has 0 aliphatic carbocycles. The van der Waals surface area contributed by atoms with Gasteiger partial charge in [-0.1, -0.05) is 12.1 Å². The molecule has 2 heterocycles. The Morgan fingerprint density at radius 1 is 1.32 bits per heavy atom. The van der Waals surface area contributed by atoms with E-state index in [-0.39, 0.29) is 12.3 Å². The molecule has 0 bridgehead atoms. The van der Waals surface area contributed by atoms with Crippen LogP contribution in [0.25, 0.3) is 20.9 Å². The predicted molar refractivity (Wildman–Crippen MR) is 104 cm³/mol. The van der Waals surface area contributed by atoms with Crippen molar-refractivity contribution < 1.29 is 14.6 Å². The Morgan fingerprint density at radius 3 is 2.76 bits per heavy atom. The molecular weight excluding hydrogens is 358 g/mol. The molecule has 3 aromatic rings. The first-order valence-electron chi connectivity index (χ1n) is 7.74. The summed E-state index contributed by atoms with van der Waals surface area (Å²) in [5.74, 6) is -0.00948. The van der Waals surface area contributed by atoms with Crippen LogP contribution in [0.2, 0.25) is 0 Å². The second-order valence-electron chi connectivity index (χ2n) is 6.55. The van der Waals surface area contributed by atoms with Crippen molar-refractivity contribution in [1.29, 1.82) is 0 Å². The van der Waals surface area contributed by atoms with Crippen LogP contribution >= 0.6 is 21.4 Å². The molecule has 8 heteroatoms. The van der Waals surface area contributed by atoms with Crippen LogP contribution in [-0.2, 0) is 11.5 Å². The summed E-state index contributed by atoms with van der Waals surface area (Å²) in [4.78, 5) is 16.1. The number of hydrogen-bond donors (Lipinski definition) is 1. The minimum atomic E-state index is -1.01. The van der Waals surface area contributed by atoms with Gasteiger partial charge in [-0.3, -0.25) is 0 Å². The normalized spacial score (nSPS) is 12.6. The molecule has 0 atom stereocenters. The monoisotopic (exact) mass is 379 g/mol. The molecule has 0 fully saturated rings. The minimum absolute atomic E-state index is 0.143. The van der Waals surface area contributed by atoms with Crippen molar-refractivity contribution >= 4 is 37.6 Å². The Hall–Kier alpha value is -1.90. The summed E-state index contributed by atoms with van der Waals surface area (Å²) in [6.07, 6.45) is 8.21.